The van der Waals surface area contributed by atoms with E-state index in [-0.39, 0.29) is 22.2 Å². The maximum atomic E-state index is 13.1. The number of urea groups is 1. The van der Waals surface area contributed by atoms with Gasteiger partial charge in [0.1, 0.15) is 0 Å². The van der Waals surface area contributed by atoms with Crippen LogP contribution in [0.1, 0.15) is 11.7 Å². The highest BCUT2D eigenvalue weighted by molar-refractivity contribution is 6.43. The number of aliphatic hydroxyl groups is 1. The van der Waals surface area contributed by atoms with Gasteiger partial charge >= 0.3 is 6.03 Å². The Morgan fingerprint density at radius 1 is 1.17 bits per heavy atom. The molecule has 3 N–H and O–H groups in total. The molecule has 0 saturated carbocycles. The summed E-state index contributed by atoms with van der Waals surface area (Å²) in [6, 6.07) is 7.11. The van der Waals surface area contributed by atoms with Gasteiger partial charge in [0, 0.05) is 6.54 Å². The highest BCUT2D eigenvalue weighted by Crippen LogP contribution is 2.29. The second kappa shape index (κ2) is 7.59. The number of anilines is 1. The van der Waals surface area contributed by atoms with Gasteiger partial charge < -0.3 is 15.7 Å². The van der Waals surface area contributed by atoms with Gasteiger partial charge in [-0.25, -0.2) is 13.6 Å². The molecule has 122 valence electrons. The minimum atomic E-state index is -1.19. The average molecular weight is 361 g/mol. The summed E-state index contributed by atoms with van der Waals surface area (Å²) in [6.07, 6.45) is -1.19. The fourth-order valence-corrected chi connectivity index (χ4v) is 2.14. The molecule has 2 aromatic rings. The fourth-order valence-electron chi connectivity index (χ4n) is 1.79. The van der Waals surface area contributed by atoms with Gasteiger partial charge in [-0.3, -0.25) is 0 Å². The topological polar surface area (TPSA) is 61.4 Å². The van der Waals surface area contributed by atoms with Crippen LogP contribution in [0.25, 0.3) is 0 Å². The molecule has 0 spiro atoms. The van der Waals surface area contributed by atoms with E-state index in [1.165, 1.54) is 6.07 Å². The van der Waals surface area contributed by atoms with Crippen molar-refractivity contribution in [3.8, 4) is 0 Å². The maximum absolute atomic E-state index is 13.1. The zero-order chi connectivity index (χ0) is 17.0. The molecule has 4 nitrogen and oxygen atoms in total. The van der Waals surface area contributed by atoms with Crippen molar-refractivity contribution < 1.29 is 18.7 Å². The lowest BCUT2D eigenvalue weighted by molar-refractivity contribution is 0.174. The Morgan fingerprint density at radius 3 is 2.61 bits per heavy atom. The largest absolute Gasteiger partial charge is 0.387 e. The molecule has 0 heterocycles. The molecular formula is C15H12Cl2F2N2O2. The first-order valence-electron chi connectivity index (χ1n) is 6.50. The third kappa shape index (κ3) is 4.54. The van der Waals surface area contributed by atoms with E-state index in [1.54, 1.807) is 18.2 Å². The van der Waals surface area contributed by atoms with Crippen LogP contribution in [-0.4, -0.2) is 17.7 Å². The first-order chi connectivity index (χ1) is 10.9. The Labute approximate surface area is 141 Å². The van der Waals surface area contributed by atoms with Crippen molar-refractivity contribution in [3.63, 3.8) is 0 Å². The van der Waals surface area contributed by atoms with Crippen LogP contribution in [0.3, 0.4) is 0 Å². The lowest BCUT2D eigenvalue weighted by atomic mass is 10.1. The van der Waals surface area contributed by atoms with Crippen molar-refractivity contribution in [1.29, 1.82) is 0 Å². The quantitative estimate of drug-likeness (QED) is 0.767. The number of nitrogens with one attached hydrogen (secondary N) is 2. The molecule has 2 aromatic carbocycles. The average Bonchev–Trinajstić information content (AvgIpc) is 2.52. The van der Waals surface area contributed by atoms with Crippen LogP contribution in [0.15, 0.2) is 36.4 Å². The molecule has 2 rings (SSSR count). The third-order valence-electron chi connectivity index (χ3n) is 2.98. The van der Waals surface area contributed by atoms with Crippen LogP contribution >= 0.6 is 23.2 Å². The van der Waals surface area contributed by atoms with Crippen molar-refractivity contribution in [2.75, 3.05) is 11.9 Å². The summed E-state index contributed by atoms with van der Waals surface area (Å²) in [6.45, 7) is -0.199. The van der Waals surface area contributed by atoms with E-state index >= 15 is 0 Å². The Kier molecular flexibility index (Phi) is 5.76. The standard InChI is InChI=1S/C15H12Cl2F2N2O2/c16-9-2-1-3-12(14(9)17)21-15(23)20-7-13(22)8-4-5-10(18)11(19)6-8/h1-6,13,22H,7H2,(H2,20,21,23)/t13-/m1/s1. The molecule has 0 fully saturated rings. The zero-order valence-electron chi connectivity index (χ0n) is 11.6. The van der Waals surface area contributed by atoms with Crippen LogP contribution < -0.4 is 10.6 Å². The van der Waals surface area contributed by atoms with Gasteiger partial charge in [0.05, 0.1) is 21.8 Å². The number of aliphatic hydroxyl groups excluding tert-OH is 1. The fraction of sp³-hybridized carbons (Fsp3) is 0.133. The van der Waals surface area contributed by atoms with Crippen LogP contribution in [0.5, 0.6) is 0 Å². The summed E-state index contributed by atoms with van der Waals surface area (Å²) < 4.78 is 25.9. The molecule has 8 heteroatoms. The number of carbonyl (C=O) groups excluding carboxylic acids is 1. The molecule has 1 atom stereocenters. The molecule has 0 bridgehead atoms. The van der Waals surface area contributed by atoms with E-state index in [9.17, 15) is 18.7 Å². The molecule has 0 saturated heterocycles. The molecule has 0 unspecified atom stereocenters. The van der Waals surface area contributed by atoms with Crippen molar-refractivity contribution in [1.82, 2.24) is 5.32 Å². The van der Waals surface area contributed by atoms with Gasteiger partial charge in [-0.05, 0) is 29.8 Å². The van der Waals surface area contributed by atoms with Crippen LogP contribution in [-0.2, 0) is 0 Å². The first-order valence-corrected chi connectivity index (χ1v) is 7.26. The number of rotatable bonds is 4. The van der Waals surface area contributed by atoms with E-state index in [1.807, 2.05) is 0 Å². The molecule has 0 aromatic heterocycles. The number of benzene rings is 2. The van der Waals surface area contributed by atoms with Crippen molar-refractivity contribution in [3.05, 3.63) is 63.6 Å². The van der Waals surface area contributed by atoms with E-state index < -0.39 is 23.8 Å². The minimum Gasteiger partial charge on any atom is -0.387 e. The second-order valence-corrected chi connectivity index (χ2v) is 5.41. The summed E-state index contributed by atoms with van der Waals surface area (Å²) in [5, 5.41) is 15.2. The van der Waals surface area contributed by atoms with Crippen LogP contribution in [0.2, 0.25) is 10.0 Å². The predicted molar refractivity (Wildman–Crippen MR) is 84.8 cm³/mol. The van der Waals surface area contributed by atoms with E-state index in [2.05, 4.69) is 10.6 Å². The first kappa shape index (κ1) is 17.5. The SMILES string of the molecule is O=C(NC[C@@H](O)c1ccc(F)c(F)c1)Nc1cccc(Cl)c1Cl. The highest BCUT2D eigenvalue weighted by atomic mass is 35.5. The molecule has 23 heavy (non-hydrogen) atoms. The lowest BCUT2D eigenvalue weighted by Gasteiger charge is -2.14. The van der Waals surface area contributed by atoms with Crippen molar-refractivity contribution in [2.24, 2.45) is 0 Å². The summed E-state index contributed by atoms with van der Waals surface area (Å²) >= 11 is 11.7. The van der Waals surface area contributed by atoms with E-state index in [0.29, 0.717) is 5.69 Å². The maximum Gasteiger partial charge on any atom is 0.319 e. The monoisotopic (exact) mass is 360 g/mol. The van der Waals surface area contributed by atoms with Gasteiger partial charge in [-0.2, -0.15) is 0 Å². The summed E-state index contributed by atoms with van der Waals surface area (Å²) in [7, 11) is 0. The normalized spacial score (nSPS) is 11.9. The minimum absolute atomic E-state index is 0.144. The summed E-state index contributed by atoms with van der Waals surface area (Å²) in [5.74, 6) is -2.08. The Hall–Kier alpha value is -1.89. The number of amides is 2. The molecule has 0 aliphatic carbocycles. The number of hydrogen-bond donors (Lipinski definition) is 3. The lowest BCUT2D eigenvalue weighted by Crippen LogP contribution is -2.32. The molecule has 0 aliphatic rings. The second-order valence-electron chi connectivity index (χ2n) is 4.63. The Bertz CT molecular complexity index is 729. The van der Waals surface area contributed by atoms with Gasteiger partial charge in [-0.1, -0.05) is 35.3 Å². The van der Waals surface area contributed by atoms with E-state index in [4.69, 9.17) is 23.2 Å². The Balaban J connectivity index is 1.93. The van der Waals surface area contributed by atoms with Crippen LogP contribution in [0, 0.1) is 11.6 Å². The Morgan fingerprint density at radius 2 is 1.91 bits per heavy atom. The molecule has 0 aliphatic heterocycles. The van der Waals surface area contributed by atoms with Crippen LogP contribution in [0.4, 0.5) is 19.3 Å². The third-order valence-corrected chi connectivity index (χ3v) is 3.80. The smallest absolute Gasteiger partial charge is 0.319 e. The molecule has 2 amide bonds. The summed E-state index contributed by atoms with van der Waals surface area (Å²) in [5.41, 5.74) is 0.448. The van der Waals surface area contributed by atoms with E-state index in [0.717, 1.165) is 12.1 Å². The molecular weight excluding hydrogens is 349 g/mol. The van der Waals surface area contributed by atoms with Gasteiger partial charge in [-0.15, -0.1) is 0 Å². The van der Waals surface area contributed by atoms with Crippen molar-refractivity contribution in [2.45, 2.75) is 6.10 Å². The summed E-state index contributed by atoms with van der Waals surface area (Å²) in [4.78, 5) is 11.8. The van der Waals surface area contributed by atoms with Crippen molar-refractivity contribution >= 4 is 34.9 Å². The zero-order valence-corrected chi connectivity index (χ0v) is 13.1. The van der Waals surface area contributed by atoms with Gasteiger partial charge in [0.25, 0.3) is 0 Å². The van der Waals surface area contributed by atoms with Gasteiger partial charge in [0.2, 0.25) is 0 Å². The molecule has 0 radical (unpaired) electrons. The highest BCUT2D eigenvalue weighted by Gasteiger charge is 2.13. The number of carbonyl (C=O) groups is 1. The number of hydrogen-bond acceptors (Lipinski definition) is 2. The van der Waals surface area contributed by atoms with Gasteiger partial charge in [0.15, 0.2) is 11.6 Å². The predicted octanol–water partition coefficient (Wildman–Crippen LogP) is 4.13. The number of halogens is 4.